The van der Waals surface area contributed by atoms with Crippen LogP contribution in [-0.2, 0) is 27.9 Å². The lowest BCUT2D eigenvalue weighted by Crippen LogP contribution is -2.32. The SMILES string of the molecule is N#CC1(c2cccc(Sc3ccc4c(ccc5nnc(CCNC(=O)OCc6ccccc6)n54)c3)c2)CCOCC1. The number of rotatable bonds is 8. The van der Waals surface area contributed by atoms with Crippen molar-refractivity contribution in [3.63, 3.8) is 0 Å². The van der Waals surface area contributed by atoms with Crippen molar-refractivity contribution in [3.8, 4) is 6.07 Å². The molecule has 6 rings (SSSR count). The van der Waals surface area contributed by atoms with E-state index in [1.54, 1.807) is 11.8 Å². The summed E-state index contributed by atoms with van der Waals surface area (Å²) in [6, 6.07) is 30.8. The molecule has 0 aliphatic carbocycles. The molecule has 1 N–H and O–H groups in total. The number of nitrogens with zero attached hydrogens (tertiary/aromatic N) is 4. The molecule has 1 aliphatic rings. The van der Waals surface area contributed by atoms with Gasteiger partial charge in [-0.15, -0.1) is 10.2 Å². The monoisotopic (exact) mass is 563 g/mol. The van der Waals surface area contributed by atoms with Gasteiger partial charge in [-0.05, 0) is 71.8 Å². The summed E-state index contributed by atoms with van der Waals surface area (Å²) in [7, 11) is 0. The van der Waals surface area contributed by atoms with Gasteiger partial charge in [0.15, 0.2) is 5.65 Å². The highest BCUT2D eigenvalue weighted by Crippen LogP contribution is 2.38. The Labute approximate surface area is 242 Å². The first-order valence-corrected chi connectivity index (χ1v) is 14.4. The van der Waals surface area contributed by atoms with Crippen LogP contribution >= 0.6 is 11.8 Å². The Morgan fingerprint density at radius 3 is 2.66 bits per heavy atom. The summed E-state index contributed by atoms with van der Waals surface area (Å²) >= 11 is 1.68. The minimum atomic E-state index is -0.484. The highest BCUT2D eigenvalue weighted by molar-refractivity contribution is 7.99. The van der Waals surface area contributed by atoms with E-state index in [0.29, 0.717) is 26.2 Å². The summed E-state index contributed by atoms with van der Waals surface area (Å²) in [4.78, 5) is 14.4. The van der Waals surface area contributed by atoms with Gasteiger partial charge in [-0.1, -0.05) is 54.2 Å². The number of carbonyl (C=O) groups excluding carboxylic acids is 1. The molecule has 206 valence electrons. The van der Waals surface area contributed by atoms with Gasteiger partial charge in [0.25, 0.3) is 0 Å². The van der Waals surface area contributed by atoms with Gasteiger partial charge >= 0.3 is 6.09 Å². The second-order valence-corrected chi connectivity index (χ2v) is 11.2. The number of hydrogen-bond acceptors (Lipinski definition) is 7. The number of nitrogens with one attached hydrogen (secondary N) is 1. The van der Waals surface area contributed by atoms with E-state index >= 15 is 0 Å². The average Bonchev–Trinajstić information content (AvgIpc) is 3.44. The zero-order valence-corrected chi connectivity index (χ0v) is 23.3. The summed E-state index contributed by atoms with van der Waals surface area (Å²) in [5.74, 6) is 0.764. The summed E-state index contributed by atoms with van der Waals surface area (Å²) < 4.78 is 12.8. The third-order valence-electron chi connectivity index (χ3n) is 7.42. The normalized spacial score (nSPS) is 14.5. The van der Waals surface area contributed by atoms with Crippen molar-refractivity contribution < 1.29 is 14.3 Å². The Balaban J connectivity index is 1.15. The second kappa shape index (κ2) is 12.0. The van der Waals surface area contributed by atoms with Gasteiger partial charge in [-0.2, -0.15) is 5.26 Å². The van der Waals surface area contributed by atoms with Crippen LogP contribution in [0.4, 0.5) is 4.79 Å². The van der Waals surface area contributed by atoms with Crippen molar-refractivity contribution in [2.75, 3.05) is 19.8 Å². The molecule has 0 unspecified atom stereocenters. The first-order valence-electron chi connectivity index (χ1n) is 13.6. The third-order valence-corrected chi connectivity index (χ3v) is 8.40. The molecule has 5 aromatic rings. The fourth-order valence-electron chi connectivity index (χ4n) is 5.19. The highest BCUT2D eigenvalue weighted by atomic mass is 32.2. The number of aromatic nitrogens is 3. The van der Waals surface area contributed by atoms with Crippen LogP contribution in [0.1, 0.15) is 29.8 Å². The summed E-state index contributed by atoms with van der Waals surface area (Å²) in [5.41, 5.74) is 3.27. The average molecular weight is 564 g/mol. The van der Waals surface area contributed by atoms with E-state index in [4.69, 9.17) is 9.47 Å². The quantitative estimate of drug-likeness (QED) is 0.244. The number of benzene rings is 3. The molecule has 3 heterocycles. The molecule has 0 spiro atoms. The largest absolute Gasteiger partial charge is 0.445 e. The number of pyridine rings is 1. The first kappa shape index (κ1) is 26.8. The van der Waals surface area contributed by atoms with Gasteiger partial charge in [0, 0.05) is 36.0 Å². The third kappa shape index (κ3) is 5.89. The molecule has 41 heavy (non-hydrogen) atoms. The van der Waals surface area contributed by atoms with Crippen molar-refractivity contribution in [2.45, 2.75) is 41.1 Å². The van der Waals surface area contributed by atoms with Crippen molar-refractivity contribution in [3.05, 3.63) is 102 Å². The van der Waals surface area contributed by atoms with E-state index in [9.17, 15) is 10.1 Å². The Morgan fingerprint density at radius 2 is 1.83 bits per heavy atom. The predicted octanol–water partition coefficient (Wildman–Crippen LogP) is 6.07. The van der Waals surface area contributed by atoms with Crippen LogP contribution in [0.25, 0.3) is 16.6 Å². The Morgan fingerprint density at radius 1 is 1.00 bits per heavy atom. The van der Waals surface area contributed by atoms with E-state index in [1.807, 2.05) is 46.9 Å². The van der Waals surface area contributed by atoms with Crippen LogP contribution in [0, 0.1) is 11.3 Å². The summed E-state index contributed by atoms with van der Waals surface area (Å²) in [6.07, 6.45) is 1.48. The van der Waals surface area contributed by atoms with E-state index in [2.05, 4.69) is 64.0 Å². The fraction of sp³-hybridized carbons (Fsp3) is 0.250. The van der Waals surface area contributed by atoms with Crippen molar-refractivity contribution >= 4 is 34.4 Å². The predicted molar refractivity (Wildman–Crippen MR) is 157 cm³/mol. The standard InChI is InChI=1S/C32H29N5O3S/c33-22-32(14-17-39-18-15-32)25-7-4-8-26(20-25)41-27-10-11-28-24(19-27)9-12-29-35-36-30(37(28)29)13-16-34-31(38)40-21-23-5-2-1-3-6-23/h1-12,19-20H,13-18,21H2,(H,34,38). The summed E-state index contributed by atoms with van der Waals surface area (Å²) in [6.45, 7) is 1.84. The maximum atomic E-state index is 12.2. The lowest BCUT2D eigenvalue weighted by molar-refractivity contribution is 0.0675. The number of alkyl carbamates (subject to hydrolysis) is 1. The van der Waals surface area contributed by atoms with Gasteiger partial charge in [0.1, 0.15) is 12.4 Å². The minimum Gasteiger partial charge on any atom is -0.445 e. The van der Waals surface area contributed by atoms with Crippen LogP contribution in [0.5, 0.6) is 0 Å². The molecule has 1 fully saturated rings. The Kier molecular flexibility index (Phi) is 7.85. The molecule has 0 atom stereocenters. The molecule has 3 aromatic carbocycles. The molecule has 1 amide bonds. The Bertz CT molecular complexity index is 1720. The van der Waals surface area contributed by atoms with Crippen LogP contribution in [0.15, 0.2) is 94.7 Å². The summed E-state index contributed by atoms with van der Waals surface area (Å²) in [5, 5.41) is 22.6. The molecule has 8 nitrogen and oxygen atoms in total. The van der Waals surface area contributed by atoms with E-state index in [-0.39, 0.29) is 6.61 Å². The van der Waals surface area contributed by atoms with Crippen LogP contribution in [0.2, 0.25) is 0 Å². The Hall–Kier alpha value is -4.39. The second-order valence-electron chi connectivity index (χ2n) is 10.0. The molecular weight excluding hydrogens is 534 g/mol. The topological polar surface area (TPSA) is 102 Å². The maximum Gasteiger partial charge on any atom is 0.407 e. The molecular formula is C32H29N5O3S. The minimum absolute atomic E-state index is 0.226. The van der Waals surface area contributed by atoms with Gasteiger partial charge in [0.2, 0.25) is 0 Å². The van der Waals surface area contributed by atoms with Crippen LogP contribution < -0.4 is 5.32 Å². The number of carbonyl (C=O) groups is 1. The van der Waals surface area contributed by atoms with Gasteiger partial charge in [-0.25, -0.2) is 4.79 Å². The number of hydrogen-bond donors (Lipinski definition) is 1. The van der Waals surface area contributed by atoms with E-state index in [0.717, 1.165) is 56.1 Å². The van der Waals surface area contributed by atoms with E-state index in [1.165, 1.54) is 0 Å². The van der Waals surface area contributed by atoms with Crippen molar-refractivity contribution in [1.29, 1.82) is 5.26 Å². The molecule has 0 radical (unpaired) electrons. The number of ether oxygens (including phenoxy) is 2. The van der Waals surface area contributed by atoms with Crippen molar-refractivity contribution in [1.82, 2.24) is 19.9 Å². The number of nitriles is 1. The lowest BCUT2D eigenvalue weighted by atomic mass is 9.75. The molecule has 2 aromatic heterocycles. The number of fused-ring (bicyclic) bond motifs is 3. The zero-order valence-electron chi connectivity index (χ0n) is 22.5. The first-order chi connectivity index (χ1) is 20.1. The van der Waals surface area contributed by atoms with Gasteiger partial charge in [-0.3, -0.25) is 4.40 Å². The molecule has 0 saturated carbocycles. The molecule has 0 bridgehead atoms. The van der Waals surface area contributed by atoms with Gasteiger partial charge < -0.3 is 14.8 Å². The smallest absolute Gasteiger partial charge is 0.407 e. The molecule has 1 saturated heterocycles. The fourth-order valence-corrected chi connectivity index (χ4v) is 6.12. The van der Waals surface area contributed by atoms with Crippen LogP contribution in [0.3, 0.4) is 0 Å². The van der Waals surface area contributed by atoms with Crippen molar-refractivity contribution in [2.24, 2.45) is 0 Å². The van der Waals surface area contributed by atoms with Crippen LogP contribution in [-0.4, -0.2) is 40.4 Å². The van der Waals surface area contributed by atoms with Gasteiger partial charge in [0.05, 0.1) is 17.0 Å². The molecule has 1 aliphatic heterocycles. The zero-order chi connectivity index (χ0) is 28.1. The molecule has 9 heteroatoms. The lowest BCUT2D eigenvalue weighted by Gasteiger charge is -2.31. The number of amides is 1. The maximum absolute atomic E-state index is 12.2. The van der Waals surface area contributed by atoms with E-state index < -0.39 is 11.5 Å². The highest BCUT2D eigenvalue weighted by Gasteiger charge is 2.34.